The van der Waals surface area contributed by atoms with E-state index in [0.29, 0.717) is 12.3 Å². The minimum Gasteiger partial charge on any atom is -0.488 e. The van der Waals surface area contributed by atoms with Crippen LogP contribution in [0.15, 0.2) is 85.1 Å². The van der Waals surface area contributed by atoms with Crippen molar-refractivity contribution in [3.8, 4) is 11.4 Å². The number of hydrogen-bond acceptors (Lipinski definition) is 2. The Hall–Kier alpha value is -3.53. The number of aromatic carboxylic acids is 1. The zero-order chi connectivity index (χ0) is 17.9. The van der Waals surface area contributed by atoms with Crippen molar-refractivity contribution in [3.05, 3.63) is 96.2 Å². The van der Waals surface area contributed by atoms with Crippen LogP contribution in [0.5, 0.6) is 5.75 Å². The molecule has 0 amide bonds. The molecule has 0 aliphatic heterocycles. The van der Waals surface area contributed by atoms with Gasteiger partial charge in [-0.25, -0.2) is 4.79 Å². The highest BCUT2D eigenvalue weighted by molar-refractivity contribution is 5.94. The monoisotopic (exact) mass is 343 g/mol. The molecule has 4 heteroatoms. The fourth-order valence-corrected chi connectivity index (χ4v) is 3.08. The van der Waals surface area contributed by atoms with Crippen molar-refractivity contribution in [1.29, 1.82) is 0 Å². The molecule has 4 nitrogen and oxygen atoms in total. The summed E-state index contributed by atoms with van der Waals surface area (Å²) in [5, 5.41) is 10.4. The van der Waals surface area contributed by atoms with Gasteiger partial charge in [0.05, 0.1) is 16.8 Å². The molecule has 0 spiro atoms. The van der Waals surface area contributed by atoms with Crippen molar-refractivity contribution in [2.45, 2.75) is 6.61 Å². The first kappa shape index (κ1) is 16.0. The van der Waals surface area contributed by atoms with Crippen molar-refractivity contribution in [1.82, 2.24) is 4.57 Å². The average Bonchev–Trinajstić information content (AvgIpc) is 3.11. The molecule has 128 valence electrons. The topological polar surface area (TPSA) is 51.5 Å². The molecule has 1 N–H and O–H groups in total. The third-order valence-electron chi connectivity index (χ3n) is 4.32. The summed E-state index contributed by atoms with van der Waals surface area (Å²) in [5.74, 6) is -0.170. The third-order valence-corrected chi connectivity index (χ3v) is 4.32. The number of carboxylic acids is 1. The van der Waals surface area contributed by atoms with Crippen molar-refractivity contribution in [2.24, 2.45) is 0 Å². The molecule has 3 aromatic carbocycles. The summed E-state index contributed by atoms with van der Waals surface area (Å²) >= 11 is 0. The molecular formula is C22H17NO3. The molecule has 0 saturated heterocycles. The summed E-state index contributed by atoms with van der Waals surface area (Å²) in [6.07, 6.45) is 1.88. The van der Waals surface area contributed by atoms with Crippen molar-refractivity contribution >= 4 is 16.9 Å². The van der Waals surface area contributed by atoms with E-state index in [4.69, 9.17) is 4.74 Å². The van der Waals surface area contributed by atoms with Crippen LogP contribution in [0, 0.1) is 0 Å². The van der Waals surface area contributed by atoms with Gasteiger partial charge in [-0.3, -0.25) is 0 Å². The van der Waals surface area contributed by atoms with Crippen LogP contribution >= 0.6 is 0 Å². The number of hydrogen-bond donors (Lipinski definition) is 1. The van der Waals surface area contributed by atoms with Crippen LogP contribution in [0.25, 0.3) is 16.6 Å². The first-order valence-electron chi connectivity index (χ1n) is 8.33. The second kappa shape index (κ2) is 6.76. The van der Waals surface area contributed by atoms with Crippen LogP contribution < -0.4 is 4.74 Å². The number of aromatic nitrogens is 1. The summed E-state index contributed by atoms with van der Waals surface area (Å²) in [7, 11) is 0. The highest BCUT2D eigenvalue weighted by atomic mass is 16.5. The lowest BCUT2D eigenvalue weighted by Gasteiger charge is -2.11. The number of benzene rings is 3. The summed E-state index contributed by atoms with van der Waals surface area (Å²) < 4.78 is 7.89. The van der Waals surface area contributed by atoms with Crippen LogP contribution in [0.4, 0.5) is 0 Å². The fraction of sp³-hybridized carbons (Fsp3) is 0.0455. The molecular weight excluding hydrogens is 326 g/mol. The molecule has 0 radical (unpaired) electrons. The number of fused-ring (bicyclic) bond motifs is 1. The summed E-state index contributed by atoms with van der Waals surface area (Å²) in [4.78, 5) is 11.5. The van der Waals surface area contributed by atoms with Crippen molar-refractivity contribution in [3.63, 3.8) is 0 Å². The van der Waals surface area contributed by atoms with E-state index >= 15 is 0 Å². The Kier molecular flexibility index (Phi) is 4.15. The van der Waals surface area contributed by atoms with Crippen LogP contribution in [0.1, 0.15) is 15.9 Å². The second-order valence-electron chi connectivity index (χ2n) is 5.97. The first-order chi connectivity index (χ1) is 12.7. The Morgan fingerprint density at radius 2 is 1.65 bits per heavy atom. The fourth-order valence-electron chi connectivity index (χ4n) is 3.08. The van der Waals surface area contributed by atoms with Gasteiger partial charge in [0.15, 0.2) is 0 Å². The minimum absolute atomic E-state index is 0.264. The number of rotatable bonds is 5. The number of nitrogens with zero attached hydrogens (tertiary/aromatic N) is 1. The van der Waals surface area contributed by atoms with E-state index in [2.05, 4.69) is 0 Å². The molecule has 0 saturated carbocycles. The van der Waals surface area contributed by atoms with Crippen molar-refractivity contribution in [2.75, 3.05) is 0 Å². The Balaban J connectivity index is 1.73. The second-order valence-corrected chi connectivity index (χ2v) is 5.97. The lowest BCUT2D eigenvalue weighted by molar-refractivity contribution is 0.0697. The largest absolute Gasteiger partial charge is 0.488 e. The van der Waals surface area contributed by atoms with Gasteiger partial charge >= 0.3 is 5.97 Å². The SMILES string of the molecule is O=C(O)c1ccccc1-n1ccc2c(OCc3ccccc3)cccc21. The van der Waals surface area contributed by atoms with Crippen LogP contribution in [-0.4, -0.2) is 15.6 Å². The average molecular weight is 343 g/mol. The van der Waals surface area contributed by atoms with Crippen molar-refractivity contribution < 1.29 is 14.6 Å². The lowest BCUT2D eigenvalue weighted by atomic mass is 10.1. The molecule has 0 unspecified atom stereocenters. The van der Waals surface area contributed by atoms with Gasteiger partial charge in [0.1, 0.15) is 12.4 Å². The predicted molar refractivity (Wildman–Crippen MR) is 101 cm³/mol. The highest BCUT2D eigenvalue weighted by Crippen LogP contribution is 2.30. The van der Waals surface area contributed by atoms with E-state index in [9.17, 15) is 9.90 Å². The standard InChI is InChI=1S/C22H17NO3/c24-22(25)18-9-4-5-10-20(18)23-14-13-17-19(23)11-6-12-21(17)26-15-16-7-2-1-3-8-16/h1-14H,15H2,(H,24,25). The summed E-state index contributed by atoms with van der Waals surface area (Å²) in [6, 6.07) is 24.7. The van der Waals surface area contributed by atoms with E-state index < -0.39 is 5.97 Å². The van der Waals surface area contributed by atoms with Crippen LogP contribution in [-0.2, 0) is 6.61 Å². The Bertz CT molecular complexity index is 1070. The molecule has 1 heterocycles. The smallest absolute Gasteiger partial charge is 0.337 e. The number of para-hydroxylation sites is 1. The maximum Gasteiger partial charge on any atom is 0.337 e. The zero-order valence-corrected chi connectivity index (χ0v) is 14.0. The third kappa shape index (κ3) is 2.93. The van der Waals surface area contributed by atoms with E-state index in [1.165, 1.54) is 0 Å². The van der Waals surface area contributed by atoms with Gasteiger partial charge in [0.25, 0.3) is 0 Å². The van der Waals surface area contributed by atoms with Gasteiger partial charge in [0, 0.05) is 11.6 Å². The molecule has 4 aromatic rings. The highest BCUT2D eigenvalue weighted by Gasteiger charge is 2.14. The van der Waals surface area contributed by atoms with E-state index in [-0.39, 0.29) is 5.56 Å². The molecule has 4 rings (SSSR count). The molecule has 0 fully saturated rings. The Morgan fingerprint density at radius 3 is 2.46 bits per heavy atom. The van der Waals surface area contributed by atoms with Gasteiger partial charge in [0.2, 0.25) is 0 Å². The lowest BCUT2D eigenvalue weighted by Crippen LogP contribution is -2.04. The first-order valence-corrected chi connectivity index (χ1v) is 8.33. The van der Waals surface area contributed by atoms with Crippen LogP contribution in [0.2, 0.25) is 0 Å². The van der Waals surface area contributed by atoms with E-state index in [1.807, 2.05) is 71.4 Å². The number of carboxylic acid groups (broad SMARTS) is 1. The molecule has 26 heavy (non-hydrogen) atoms. The minimum atomic E-state index is -0.945. The summed E-state index contributed by atoms with van der Waals surface area (Å²) in [5.41, 5.74) is 2.90. The number of ether oxygens (including phenoxy) is 1. The normalized spacial score (nSPS) is 10.8. The quantitative estimate of drug-likeness (QED) is 0.560. The zero-order valence-electron chi connectivity index (χ0n) is 14.0. The Morgan fingerprint density at radius 1 is 0.885 bits per heavy atom. The van der Waals surface area contributed by atoms with Gasteiger partial charge in [-0.05, 0) is 35.9 Å². The van der Waals surface area contributed by atoms with Crippen LogP contribution in [0.3, 0.4) is 0 Å². The van der Waals surface area contributed by atoms with Gasteiger partial charge < -0.3 is 14.4 Å². The maximum atomic E-state index is 11.5. The van der Waals surface area contributed by atoms with Gasteiger partial charge in [-0.1, -0.05) is 48.5 Å². The predicted octanol–water partition coefficient (Wildman–Crippen LogP) is 4.91. The Labute approximate surface area is 150 Å². The van der Waals surface area contributed by atoms with E-state index in [1.54, 1.807) is 18.2 Å². The molecule has 0 aliphatic rings. The molecule has 1 aromatic heterocycles. The maximum absolute atomic E-state index is 11.5. The molecule has 0 aliphatic carbocycles. The molecule has 0 bridgehead atoms. The number of carbonyl (C=O) groups is 1. The summed E-state index contributed by atoms with van der Waals surface area (Å²) in [6.45, 7) is 0.483. The van der Waals surface area contributed by atoms with E-state index in [0.717, 1.165) is 22.2 Å². The van der Waals surface area contributed by atoms with Gasteiger partial charge in [-0.2, -0.15) is 0 Å². The van der Waals surface area contributed by atoms with Gasteiger partial charge in [-0.15, -0.1) is 0 Å². The molecule has 0 atom stereocenters.